The summed E-state index contributed by atoms with van der Waals surface area (Å²) in [4.78, 5) is 9.57. The van der Waals surface area contributed by atoms with Crippen LogP contribution in [-0.2, 0) is 10.8 Å². The largest absolute Gasteiger partial charge is 0.260 e. The highest BCUT2D eigenvalue weighted by Gasteiger charge is 2.29. The Labute approximate surface area is 144 Å². The van der Waals surface area contributed by atoms with Crippen LogP contribution in [0, 0.1) is 0 Å². The smallest absolute Gasteiger partial charge is 0.0523 e. The molecule has 0 atom stereocenters. The number of benzene rings is 1. The molecule has 0 spiro atoms. The van der Waals surface area contributed by atoms with E-state index in [1.165, 1.54) is 5.56 Å². The van der Waals surface area contributed by atoms with Crippen molar-refractivity contribution in [3.63, 3.8) is 0 Å². The van der Waals surface area contributed by atoms with Gasteiger partial charge in [-0.05, 0) is 43.7 Å². The first-order valence-electron chi connectivity index (χ1n) is 8.37. The van der Waals surface area contributed by atoms with Crippen LogP contribution in [0.5, 0.6) is 0 Å². The number of aromatic nitrogens is 2. The summed E-state index contributed by atoms with van der Waals surface area (Å²) >= 11 is 0. The summed E-state index contributed by atoms with van der Waals surface area (Å²) in [6, 6.07) is 22.9. The summed E-state index contributed by atoms with van der Waals surface area (Å²) in [5.74, 6) is 0. The monoisotopic (exact) mass is 316 g/mol. The Kier molecular flexibility index (Phi) is 4.23. The van der Waals surface area contributed by atoms with Crippen molar-refractivity contribution in [2.75, 3.05) is 0 Å². The number of pyridine rings is 2. The van der Waals surface area contributed by atoms with E-state index in [0.717, 1.165) is 17.1 Å². The van der Waals surface area contributed by atoms with Crippen molar-refractivity contribution in [2.45, 2.75) is 38.5 Å². The van der Waals surface area contributed by atoms with Crippen molar-refractivity contribution in [3.05, 3.63) is 95.6 Å². The molecule has 0 saturated heterocycles. The number of hydrogen-bond acceptors (Lipinski definition) is 2. The van der Waals surface area contributed by atoms with Gasteiger partial charge in [0, 0.05) is 17.0 Å². The molecule has 0 aliphatic carbocycles. The molecule has 24 heavy (non-hydrogen) atoms. The van der Waals surface area contributed by atoms with Gasteiger partial charge in [-0.1, -0.05) is 56.3 Å². The lowest BCUT2D eigenvalue weighted by molar-refractivity contribution is 0.565. The molecule has 0 saturated carbocycles. The molecule has 3 aromatic rings. The molecule has 0 amide bonds. The normalized spacial score (nSPS) is 12.2. The molecular weight excluding hydrogens is 292 g/mol. The molecule has 0 bridgehead atoms. The van der Waals surface area contributed by atoms with Gasteiger partial charge in [-0.25, -0.2) is 0 Å². The van der Waals surface area contributed by atoms with Crippen molar-refractivity contribution in [1.82, 2.24) is 9.97 Å². The lowest BCUT2D eigenvalue weighted by Gasteiger charge is -2.28. The molecular formula is C22H24N2. The molecule has 0 N–H and O–H groups in total. The van der Waals surface area contributed by atoms with Crippen molar-refractivity contribution < 1.29 is 0 Å². The van der Waals surface area contributed by atoms with Gasteiger partial charge in [0.05, 0.1) is 17.1 Å². The fourth-order valence-electron chi connectivity index (χ4n) is 3.00. The zero-order chi connectivity index (χ0) is 17.2. The first-order valence-corrected chi connectivity index (χ1v) is 8.37. The fraction of sp³-hybridized carbons (Fsp3) is 0.273. The van der Waals surface area contributed by atoms with E-state index in [9.17, 15) is 0 Å². The Morgan fingerprint density at radius 1 is 0.583 bits per heavy atom. The van der Waals surface area contributed by atoms with Gasteiger partial charge in [-0.3, -0.25) is 9.97 Å². The molecule has 2 heterocycles. The third-order valence-electron chi connectivity index (χ3n) is 4.83. The van der Waals surface area contributed by atoms with Crippen molar-refractivity contribution >= 4 is 0 Å². The van der Waals surface area contributed by atoms with E-state index < -0.39 is 0 Å². The van der Waals surface area contributed by atoms with Crippen LogP contribution in [0.25, 0.3) is 0 Å². The number of hydrogen-bond donors (Lipinski definition) is 0. The molecule has 2 heteroatoms. The fourth-order valence-corrected chi connectivity index (χ4v) is 3.00. The van der Waals surface area contributed by atoms with Crippen molar-refractivity contribution in [2.24, 2.45) is 0 Å². The summed E-state index contributed by atoms with van der Waals surface area (Å²) in [6.45, 7) is 8.80. The van der Waals surface area contributed by atoms with Gasteiger partial charge >= 0.3 is 0 Å². The molecule has 2 aromatic heterocycles. The minimum Gasteiger partial charge on any atom is -0.260 e. The Hall–Kier alpha value is -2.48. The highest BCUT2D eigenvalue weighted by molar-refractivity contribution is 5.36. The Morgan fingerprint density at radius 3 is 1.79 bits per heavy atom. The molecule has 0 aliphatic rings. The summed E-state index contributed by atoms with van der Waals surface area (Å²) < 4.78 is 0. The van der Waals surface area contributed by atoms with E-state index in [1.54, 1.807) is 0 Å². The van der Waals surface area contributed by atoms with Gasteiger partial charge in [0.2, 0.25) is 0 Å². The van der Waals surface area contributed by atoms with Crippen molar-refractivity contribution in [1.29, 1.82) is 0 Å². The molecule has 0 aliphatic heterocycles. The molecule has 0 radical (unpaired) electrons. The maximum Gasteiger partial charge on any atom is 0.0523 e. The Morgan fingerprint density at radius 2 is 1.17 bits per heavy atom. The van der Waals surface area contributed by atoms with Gasteiger partial charge in [0.15, 0.2) is 0 Å². The highest BCUT2D eigenvalue weighted by atomic mass is 14.8. The van der Waals surface area contributed by atoms with E-state index in [1.807, 2.05) is 24.4 Å². The average molecular weight is 316 g/mol. The van der Waals surface area contributed by atoms with Gasteiger partial charge in [0.1, 0.15) is 0 Å². The maximum atomic E-state index is 5.03. The zero-order valence-electron chi connectivity index (χ0n) is 14.8. The molecule has 0 fully saturated rings. The first kappa shape index (κ1) is 16.4. The second-order valence-electron chi connectivity index (χ2n) is 7.24. The topological polar surface area (TPSA) is 25.8 Å². The van der Waals surface area contributed by atoms with Crippen LogP contribution in [0.1, 0.15) is 50.3 Å². The van der Waals surface area contributed by atoms with Crippen LogP contribution in [0.4, 0.5) is 0 Å². The zero-order valence-corrected chi connectivity index (χ0v) is 14.8. The summed E-state index contributed by atoms with van der Waals surface area (Å²) in [7, 11) is 0. The van der Waals surface area contributed by atoms with Crippen LogP contribution < -0.4 is 0 Å². The second-order valence-corrected chi connectivity index (χ2v) is 7.24. The van der Waals surface area contributed by atoms with E-state index in [-0.39, 0.29) is 10.8 Å². The van der Waals surface area contributed by atoms with Gasteiger partial charge < -0.3 is 0 Å². The second kappa shape index (κ2) is 6.20. The lowest BCUT2D eigenvalue weighted by atomic mass is 9.79. The summed E-state index contributed by atoms with van der Waals surface area (Å²) in [6.07, 6.45) is 1.84. The first-order chi connectivity index (χ1) is 11.4. The number of nitrogens with zero attached hydrogens (tertiary/aromatic N) is 2. The minimum absolute atomic E-state index is 0.141. The van der Waals surface area contributed by atoms with Crippen LogP contribution in [-0.4, -0.2) is 9.97 Å². The van der Waals surface area contributed by atoms with E-state index in [0.29, 0.717) is 0 Å². The lowest BCUT2D eigenvalue weighted by Crippen LogP contribution is -2.26. The van der Waals surface area contributed by atoms with Crippen LogP contribution in [0.15, 0.2) is 72.9 Å². The molecule has 2 nitrogen and oxygen atoms in total. The predicted molar refractivity (Wildman–Crippen MR) is 99.2 cm³/mol. The average Bonchev–Trinajstić information content (AvgIpc) is 2.63. The third kappa shape index (κ3) is 2.96. The molecule has 3 rings (SSSR count). The standard InChI is InChI=1S/C22H24N2/c1-21(2,17-11-6-5-7-12-17)19-14-10-15-20(24-19)22(3,4)18-13-8-9-16-23-18/h5-16H,1-4H3. The van der Waals surface area contributed by atoms with Crippen molar-refractivity contribution in [3.8, 4) is 0 Å². The predicted octanol–water partition coefficient (Wildman–Crippen LogP) is 5.13. The van der Waals surface area contributed by atoms with Crippen LogP contribution in [0.3, 0.4) is 0 Å². The van der Waals surface area contributed by atoms with Gasteiger partial charge in [-0.2, -0.15) is 0 Å². The minimum atomic E-state index is -0.232. The number of rotatable bonds is 4. The van der Waals surface area contributed by atoms with Gasteiger partial charge in [0.25, 0.3) is 0 Å². The molecule has 1 aromatic carbocycles. The Bertz CT molecular complexity index is 739. The Balaban J connectivity index is 2.04. The third-order valence-corrected chi connectivity index (χ3v) is 4.83. The van der Waals surface area contributed by atoms with Crippen LogP contribution in [0.2, 0.25) is 0 Å². The van der Waals surface area contributed by atoms with Crippen LogP contribution >= 0.6 is 0 Å². The SMILES string of the molecule is CC(C)(c1ccccc1)c1cccc(C(C)(C)c2ccccn2)n1. The highest BCUT2D eigenvalue weighted by Crippen LogP contribution is 2.33. The summed E-state index contributed by atoms with van der Waals surface area (Å²) in [5, 5.41) is 0. The van der Waals surface area contributed by atoms with E-state index >= 15 is 0 Å². The van der Waals surface area contributed by atoms with E-state index in [4.69, 9.17) is 4.98 Å². The quantitative estimate of drug-likeness (QED) is 0.667. The van der Waals surface area contributed by atoms with E-state index in [2.05, 4.69) is 81.2 Å². The maximum absolute atomic E-state index is 5.03. The molecule has 0 unspecified atom stereocenters. The molecule has 122 valence electrons. The summed E-state index contributed by atoms with van der Waals surface area (Å²) in [5.41, 5.74) is 4.05. The van der Waals surface area contributed by atoms with Gasteiger partial charge in [-0.15, -0.1) is 0 Å².